The molecule has 0 N–H and O–H groups in total. The van der Waals surface area contributed by atoms with E-state index in [1.807, 2.05) is 30.3 Å². The number of likely N-dealkylation sites (tertiary alicyclic amines) is 1. The zero-order valence-corrected chi connectivity index (χ0v) is 16.1. The molecule has 0 aromatic heterocycles. The Morgan fingerprint density at radius 3 is 2.50 bits per heavy atom. The van der Waals surface area contributed by atoms with Crippen LogP contribution in [0, 0.1) is 17.8 Å². The number of rotatable bonds is 4. The Morgan fingerprint density at radius 1 is 1.04 bits per heavy atom. The summed E-state index contributed by atoms with van der Waals surface area (Å²) in [6, 6.07) is 14.5. The van der Waals surface area contributed by atoms with Crippen molar-refractivity contribution in [2.45, 2.75) is 12.8 Å². The maximum atomic E-state index is 12.9. The second kappa shape index (κ2) is 9.09. The summed E-state index contributed by atoms with van der Waals surface area (Å²) in [6.07, 6.45) is 1.53. The molecule has 1 saturated heterocycles. The Labute approximate surface area is 165 Å². The van der Waals surface area contributed by atoms with Crippen LogP contribution < -0.4 is 9.47 Å². The number of Topliss-reactive ketones (excluding diaryl/α,β-unsaturated/α-hetero) is 1. The maximum absolute atomic E-state index is 12.9. The first-order chi connectivity index (χ1) is 13.6. The number of ether oxygens (including phenoxy) is 2. The number of carbonyl (C=O) groups is 2. The minimum Gasteiger partial charge on any atom is -0.493 e. The van der Waals surface area contributed by atoms with Gasteiger partial charge in [0.15, 0.2) is 17.3 Å². The minimum atomic E-state index is -0.242. The van der Waals surface area contributed by atoms with E-state index in [0.29, 0.717) is 30.2 Å². The van der Waals surface area contributed by atoms with Gasteiger partial charge < -0.3 is 14.4 Å². The summed E-state index contributed by atoms with van der Waals surface area (Å²) < 4.78 is 10.5. The van der Waals surface area contributed by atoms with Crippen LogP contribution in [-0.2, 0) is 4.79 Å². The quantitative estimate of drug-likeness (QED) is 0.607. The lowest BCUT2D eigenvalue weighted by molar-refractivity contribution is -0.126. The van der Waals surface area contributed by atoms with Crippen molar-refractivity contribution >= 4 is 11.7 Å². The van der Waals surface area contributed by atoms with E-state index in [2.05, 4.69) is 11.8 Å². The predicted octanol–water partition coefficient (Wildman–Crippen LogP) is 3.18. The van der Waals surface area contributed by atoms with Crippen molar-refractivity contribution in [3.8, 4) is 23.3 Å². The van der Waals surface area contributed by atoms with E-state index in [9.17, 15) is 9.59 Å². The molecule has 0 bridgehead atoms. The van der Waals surface area contributed by atoms with Crippen molar-refractivity contribution in [1.82, 2.24) is 4.90 Å². The fourth-order valence-electron chi connectivity index (χ4n) is 3.33. The first kappa shape index (κ1) is 19.5. The molecule has 5 heteroatoms. The molecule has 1 amide bonds. The van der Waals surface area contributed by atoms with Crippen LogP contribution in [-0.4, -0.2) is 43.9 Å². The molecule has 1 atom stereocenters. The number of piperidine rings is 1. The molecule has 0 aliphatic carbocycles. The molecule has 2 aromatic rings. The van der Waals surface area contributed by atoms with Crippen molar-refractivity contribution in [1.29, 1.82) is 0 Å². The molecule has 0 saturated carbocycles. The molecule has 5 nitrogen and oxygen atoms in total. The summed E-state index contributed by atoms with van der Waals surface area (Å²) in [5.74, 6) is 6.20. The van der Waals surface area contributed by atoms with E-state index in [0.717, 1.165) is 18.4 Å². The highest BCUT2D eigenvalue weighted by Crippen LogP contribution is 2.30. The van der Waals surface area contributed by atoms with Gasteiger partial charge in [-0.3, -0.25) is 9.59 Å². The number of amides is 1. The number of benzene rings is 2. The highest BCUT2D eigenvalue weighted by molar-refractivity contribution is 5.99. The average molecular weight is 377 g/mol. The van der Waals surface area contributed by atoms with Crippen LogP contribution in [0.5, 0.6) is 11.5 Å². The smallest absolute Gasteiger partial charge is 0.298 e. The Kier molecular flexibility index (Phi) is 6.33. The van der Waals surface area contributed by atoms with Gasteiger partial charge in [0.2, 0.25) is 0 Å². The SMILES string of the molecule is COc1ccc(C(=O)[C@H]2CCCN(C(=O)C#Cc3ccccc3)C2)cc1OC. The summed E-state index contributed by atoms with van der Waals surface area (Å²) in [7, 11) is 3.10. The van der Waals surface area contributed by atoms with Crippen LogP contribution in [0.15, 0.2) is 48.5 Å². The van der Waals surface area contributed by atoms with Gasteiger partial charge in [-0.05, 0) is 43.2 Å². The third-order valence-electron chi connectivity index (χ3n) is 4.84. The lowest BCUT2D eigenvalue weighted by Gasteiger charge is -2.30. The summed E-state index contributed by atoms with van der Waals surface area (Å²) in [5, 5.41) is 0. The van der Waals surface area contributed by atoms with Crippen molar-refractivity contribution in [3.63, 3.8) is 0 Å². The summed E-state index contributed by atoms with van der Waals surface area (Å²) in [4.78, 5) is 27.1. The molecule has 0 radical (unpaired) electrons. The van der Waals surface area contributed by atoms with Gasteiger partial charge in [-0.2, -0.15) is 0 Å². The minimum absolute atomic E-state index is 0.00877. The van der Waals surface area contributed by atoms with Gasteiger partial charge in [0, 0.05) is 36.1 Å². The molecule has 1 aliphatic heterocycles. The van der Waals surface area contributed by atoms with Crippen molar-refractivity contribution < 1.29 is 19.1 Å². The number of nitrogens with zero attached hydrogens (tertiary/aromatic N) is 1. The zero-order valence-electron chi connectivity index (χ0n) is 16.1. The summed E-state index contributed by atoms with van der Waals surface area (Å²) in [6.45, 7) is 1.01. The van der Waals surface area contributed by atoms with Gasteiger partial charge in [0.05, 0.1) is 14.2 Å². The maximum Gasteiger partial charge on any atom is 0.298 e. The monoisotopic (exact) mass is 377 g/mol. The molecular weight excluding hydrogens is 354 g/mol. The van der Waals surface area contributed by atoms with Crippen LogP contribution in [0.4, 0.5) is 0 Å². The van der Waals surface area contributed by atoms with E-state index in [4.69, 9.17) is 9.47 Å². The largest absolute Gasteiger partial charge is 0.493 e. The third kappa shape index (κ3) is 4.52. The van der Waals surface area contributed by atoms with E-state index in [1.54, 1.807) is 37.3 Å². The lowest BCUT2D eigenvalue weighted by Crippen LogP contribution is -2.41. The van der Waals surface area contributed by atoms with E-state index in [-0.39, 0.29) is 17.6 Å². The fraction of sp³-hybridized carbons (Fsp3) is 0.304. The molecular formula is C23H23NO4. The second-order valence-corrected chi connectivity index (χ2v) is 6.64. The fourth-order valence-corrected chi connectivity index (χ4v) is 3.33. The number of carbonyl (C=O) groups excluding carboxylic acids is 2. The lowest BCUT2D eigenvalue weighted by atomic mass is 9.90. The molecule has 2 aromatic carbocycles. The third-order valence-corrected chi connectivity index (χ3v) is 4.84. The second-order valence-electron chi connectivity index (χ2n) is 6.64. The van der Waals surface area contributed by atoms with Crippen LogP contribution in [0.3, 0.4) is 0 Å². The van der Waals surface area contributed by atoms with Crippen LogP contribution in [0.1, 0.15) is 28.8 Å². The van der Waals surface area contributed by atoms with Gasteiger partial charge in [0.1, 0.15) is 0 Å². The number of hydrogen-bond donors (Lipinski definition) is 0. The zero-order chi connectivity index (χ0) is 19.9. The highest BCUT2D eigenvalue weighted by Gasteiger charge is 2.29. The average Bonchev–Trinajstić information content (AvgIpc) is 2.77. The predicted molar refractivity (Wildman–Crippen MR) is 107 cm³/mol. The Hall–Kier alpha value is -3.26. The van der Waals surface area contributed by atoms with Crippen molar-refractivity contribution in [2.75, 3.05) is 27.3 Å². The van der Waals surface area contributed by atoms with Crippen molar-refractivity contribution in [2.24, 2.45) is 5.92 Å². The molecule has 3 rings (SSSR count). The molecule has 144 valence electrons. The van der Waals surface area contributed by atoms with Crippen LogP contribution in [0.2, 0.25) is 0 Å². The summed E-state index contributed by atoms with van der Waals surface area (Å²) in [5.41, 5.74) is 1.36. The Bertz CT molecular complexity index is 911. The van der Waals surface area contributed by atoms with Crippen LogP contribution in [0.25, 0.3) is 0 Å². The first-order valence-corrected chi connectivity index (χ1v) is 9.24. The van der Waals surface area contributed by atoms with Gasteiger partial charge in [-0.25, -0.2) is 0 Å². The number of hydrogen-bond acceptors (Lipinski definition) is 4. The molecule has 0 spiro atoms. The summed E-state index contributed by atoms with van der Waals surface area (Å²) >= 11 is 0. The molecule has 1 aliphatic rings. The van der Waals surface area contributed by atoms with Gasteiger partial charge >= 0.3 is 0 Å². The topological polar surface area (TPSA) is 55.8 Å². The molecule has 1 heterocycles. The molecule has 28 heavy (non-hydrogen) atoms. The van der Waals surface area contributed by atoms with Gasteiger partial charge in [-0.15, -0.1) is 0 Å². The van der Waals surface area contributed by atoms with E-state index < -0.39 is 0 Å². The number of ketones is 1. The standard InChI is InChI=1S/C23H23NO4/c1-27-20-12-11-18(15-21(20)28-2)23(26)19-9-6-14-24(16-19)22(25)13-10-17-7-4-3-5-8-17/h3-5,7-8,11-12,15,19H,6,9,14,16H2,1-2H3/t19-/m0/s1. The normalized spacial score (nSPS) is 15.9. The van der Waals surface area contributed by atoms with Gasteiger partial charge in [0.25, 0.3) is 5.91 Å². The first-order valence-electron chi connectivity index (χ1n) is 9.24. The Morgan fingerprint density at radius 2 is 1.79 bits per heavy atom. The molecule has 1 fully saturated rings. The van der Waals surface area contributed by atoms with E-state index in [1.165, 1.54) is 0 Å². The van der Waals surface area contributed by atoms with E-state index >= 15 is 0 Å². The Balaban J connectivity index is 1.70. The van der Waals surface area contributed by atoms with Crippen LogP contribution >= 0.6 is 0 Å². The highest BCUT2D eigenvalue weighted by atomic mass is 16.5. The van der Waals surface area contributed by atoms with Crippen molar-refractivity contribution in [3.05, 3.63) is 59.7 Å². The molecule has 0 unspecified atom stereocenters. The van der Waals surface area contributed by atoms with Gasteiger partial charge in [-0.1, -0.05) is 24.1 Å². The number of methoxy groups -OCH3 is 2.